The number of hydrogen-bond acceptors (Lipinski definition) is 9. The van der Waals surface area contributed by atoms with Crippen molar-refractivity contribution in [1.29, 1.82) is 0 Å². The number of fused-ring (bicyclic) bond motifs is 2. The van der Waals surface area contributed by atoms with Gasteiger partial charge in [-0.25, -0.2) is 9.97 Å². The van der Waals surface area contributed by atoms with E-state index >= 15 is 0 Å². The molecule has 13 heteroatoms. The van der Waals surface area contributed by atoms with Gasteiger partial charge in [-0.2, -0.15) is 17.8 Å². The number of nitrogens with one attached hydrogen (secondary N) is 1. The van der Waals surface area contributed by atoms with Crippen LogP contribution in [0.2, 0.25) is 0 Å². The maximum atomic E-state index is 11.4. The highest BCUT2D eigenvalue weighted by atomic mass is 32.2. The van der Waals surface area contributed by atoms with E-state index in [1.165, 1.54) is 0 Å². The number of rotatable bonds is 5. The molecule has 4 aromatic rings. The number of nitrogens with zero attached hydrogens (tertiary/aromatic N) is 6. The molecule has 6 rings (SSSR count). The van der Waals surface area contributed by atoms with Gasteiger partial charge in [0.25, 0.3) is 0 Å². The van der Waals surface area contributed by atoms with Crippen molar-refractivity contribution in [2.45, 2.75) is 6.54 Å². The Hall–Kier alpha value is -2.68. The number of piperazine rings is 1. The van der Waals surface area contributed by atoms with Gasteiger partial charge in [-0.05, 0) is 12.1 Å². The van der Waals surface area contributed by atoms with Crippen molar-refractivity contribution in [2.75, 3.05) is 57.4 Å². The van der Waals surface area contributed by atoms with E-state index in [4.69, 9.17) is 14.7 Å². The van der Waals surface area contributed by atoms with Gasteiger partial charge >= 0.3 is 10.3 Å². The first-order valence-corrected chi connectivity index (χ1v) is 13.7. The van der Waals surface area contributed by atoms with Crippen LogP contribution in [-0.2, 0) is 21.6 Å². The smallest absolute Gasteiger partial charge is 0.335 e. The zero-order valence-electron chi connectivity index (χ0n) is 18.9. The van der Waals surface area contributed by atoms with Crippen LogP contribution in [0.25, 0.3) is 32.5 Å². The molecule has 3 aromatic heterocycles. The number of benzene rings is 1. The molecule has 35 heavy (non-hydrogen) atoms. The Bertz CT molecular complexity index is 1470. The summed E-state index contributed by atoms with van der Waals surface area (Å²) in [7, 11) is -4.13. The van der Waals surface area contributed by atoms with Gasteiger partial charge in [-0.3, -0.25) is 14.6 Å². The van der Waals surface area contributed by atoms with Gasteiger partial charge in [0.05, 0.1) is 35.1 Å². The largest absolute Gasteiger partial charge is 0.378 e. The summed E-state index contributed by atoms with van der Waals surface area (Å²) >= 11 is 1.68. The van der Waals surface area contributed by atoms with Crippen LogP contribution in [-0.4, -0.2) is 94.8 Å². The fraction of sp³-hybridized carbons (Fsp3) is 0.409. The van der Waals surface area contributed by atoms with Crippen LogP contribution >= 0.6 is 11.3 Å². The topological polar surface area (TPSA) is 128 Å². The number of aromatic nitrogens is 4. The summed E-state index contributed by atoms with van der Waals surface area (Å²) in [5, 5.41) is 8.18. The molecule has 2 aliphatic heterocycles. The monoisotopic (exact) mass is 515 g/mol. The number of aromatic amines is 1. The number of anilines is 1. The SMILES string of the molecule is O=S(=O)(O)N1CCN(Cc2cc3nc(-c4cccc5[nH]ncc45)nc(N4CCOCC4)c3s2)CC1. The average Bonchev–Trinajstić information content (AvgIpc) is 3.50. The fourth-order valence-corrected chi connectivity index (χ4v) is 6.43. The van der Waals surface area contributed by atoms with Crippen LogP contribution in [0.15, 0.2) is 30.5 Å². The van der Waals surface area contributed by atoms with Crippen LogP contribution in [0, 0.1) is 0 Å². The molecule has 2 N–H and O–H groups in total. The second-order valence-corrected chi connectivity index (χ2v) is 11.2. The van der Waals surface area contributed by atoms with Gasteiger partial charge in [-0.1, -0.05) is 12.1 Å². The number of H-pyrrole nitrogens is 1. The lowest BCUT2D eigenvalue weighted by Crippen LogP contribution is -2.47. The van der Waals surface area contributed by atoms with Crippen LogP contribution < -0.4 is 4.90 Å². The Morgan fingerprint density at radius 2 is 1.89 bits per heavy atom. The molecule has 11 nitrogen and oxygen atoms in total. The second kappa shape index (κ2) is 9.08. The molecule has 0 amide bonds. The molecule has 0 unspecified atom stereocenters. The minimum absolute atomic E-state index is 0.279. The third-order valence-corrected chi connectivity index (χ3v) is 8.60. The van der Waals surface area contributed by atoms with Crippen LogP contribution in [0.5, 0.6) is 0 Å². The summed E-state index contributed by atoms with van der Waals surface area (Å²) in [6.45, 7) is 5.23. The predicted molar refractivity (Wildman–Crippen MR) is 134 cm³/mol. The number of hydrogen-bond donors (Lipinski definition) is 2. The zero-order chi connectivity index (χ0) is 24.0. The molecule has 2 saturated heterocycles. The van der Waals surface area contributed by atoms with Crippen LogP contribution in [0.4, 0.5) is 5.82 Å². The number of ether oxygens (including phenoxy) is 1. The zero-order valence-corrected chi connectivity index (χ0v) is 20.6. The van der Waals surface area contributed by atoms with E-state index in [1.54, 1.807) is 17.5 Å². The highest BCUT2D eigenvalue weighted by molar-refractivity contribution is 7.83. The lowest BCUT2D eigenvalue weighted by atomic mass is 10.1. The summed E-state index contributed by atoms with van der Waals surface area (Å²) < 4.78 is 39.8. The van der Waals surface area contributed by atoms with Crippen LogP contribution in [0.3, 0.4) is 0 Å². The van der Waals surface area contributed by atoms with Crippen LogP contribution in [0.1, 0.15) is 4.88 Å². The van der Waals surface area contributed by atoms with E-state index < -0.39 is 10.3 Å². The van der Waals surface area contributed by atoms with Gasteiger partial charge < -0.3 is 9.64 Å². The molecule has 0 spiro atoms. The first-order valence-electron chi connectivity index (χ1n) is 11.5. The van der Waals surface area contributed by atoms with Gasteiger partial charge in [0, 0.05) is 61.6 Å². The molecule has 0 radical (unpaired) electrons. The molecule has 0 aliphatic carbocycles. The number of morpholine rings is 1. The third-order valence-electron chi connectivity index (χ3n) is 6.48. The Morgan fingerprint density at radius 3 is 2.66 bits per heavy atom. The summed E-state index contributed by atoms with van der Waals surface area (Å²) in [4.78, 5) is 15.6. The summed E-state index contributed by atoms with van der Waals surface area (Å²) in [5.74, 6) is 1.58. The fourth-order valence-electron chi connectivity index (χ4n) is 4.65. The van der Waals surface area contributed by atoms with Crippen molar-refractivity contribution in [3.05, 3.63) is 35.3 Å². The van der Waals surface area contributed by atoms with Crippen molar-refractivity contribution in [2.24, 2.45) is 0 Å². The molecular weight excluding hydrogens is 490 g/mol. The molecular formula is C22H25N7O4S2. The normalized spacial score (nSPS) is 18.6. The lowest BCUT2D eigenvalue weighted by molar-refractivity contribution is 0.122. The van der Waals surface area contributed by atoms with E-state index in [-0.39, 0.29) is 13.1 Å². The predicted octanol–water partition coefficient (Wildman–Crippen LogP) is 1.99. The van der Waals surface area contributed by atoms with E-state index in [9.17, 15) is 13.0 Å². The summed E-state index contributed by atoms with van der Waals surface area (Å²) in [5.41, 5.74) is 2.77. The van der Waals surface area contributed by atoms with E-state index in [0.717, 1.165) is 54.8 Å². The number of thiophene rings is 1. The third kappa shape index (κ3) is 4.50. The van der Waals surface area contributed by atoms with E-state index in [0.29, 0.717) is 38.7 Å². The lowest BCUT2D eigenvalue weighted by Gasteiger charge is -2.32. The standard InChI is InChI=1S/C22H25N7O4S2/c30-35(31,32)29-6-4-27(5-7-29)14-15-12-19-20(34-15)22(28-8-10-33-11-9-28)25-21(24-19)16-2-1-3-18-17(16)13-23-26-18/h1-3,12-13H,4-11,14H2,(H,23,26)(H,30,31,32). The molecule has 0 saturated carbocycles. The molecule has 2 aliphatic rings. The van der Waals surface area contributed by atoms with Crippen molar-refractivity contribution < 1.29 is 17.7 Å². The average molecular weight is 516 g/mol. The molecule has 1 aromatic carbocycles. The molecule has 0 atom stereocenters. The van der Waals surface area contributed by atoms with Crippen molar-refractivity contribution in [3.8, 4) is 11.4 Å². The highest BCUT2D eigenvalue weighted by Gasteiger charge is 2.26. The Morgan fingerprint density at radius 1 is 1.09 bits per heavy atom. The molecule has 0 bridgehead atoms. The summed E-state index contributed by atoms with van der Waals surface area (Å²) in [6, 6.07) is 8.09. The first-order chi connectivity index (χ1) is 17.0. The van der Waals surface area contributed by atoms with Gasteiger partial charge in [0.15, 0.2) is 11.6 Å². The molecule has 184 valence electrons. The minimum Gasteiger partial charge on any atom is -0.378 e. The van der Waals surface area contributed by atoms with Crippen molar-refractivity contribution in [3.63, 3.8) is 0 Å². The minimum atomic E-state index is -4.13. The Balaban J connectivity index is 1.36. The van der Waals surface area contributed by atoms with Gasteiger partial charge in [-0.15, -0.1) is 11.3 Å². The molecule has 2 fully saturated rings. The van der Waals surface area contributed by atoms with Gasteiger partial charge in [0.1, 0.15) is 0 Å². The van der Waals surface area contributed by atoms with Crippen molar-refractivity contribution in [1.82, 2.24) is 29.4 Å². The quantitative estimate of drug-likeness (QED) is 0.384. The van der Waals surface area contributed by atoms with E-state index in [1.807, 2.05) is 18.2 Å². The Kier molecular flexibility index (Phi) is 5.90. The maximum Gasteiger partial charge on any atom is 0.335 e. The van der Waals surface area contributed by atoms with Gasteiger partial charge in [0.2, 0.25) is 0 Å². The molecule has 5 heterocycles. The second-order valence-electron chi connectivity index (χ2n) is 8.69. The summed E-state index contributed by atoms with van der Waals surface area (Å²) in [6.07, 6.45) is 1.80. The van der Waals surface area contributed by atoms with Crippen molar-refractivity contribution >= 4 is 48.6 Å². The maximum absolute atomic E-state index is 11.4. The van der Waals surface area contributed by atoms with E-state index in [2.05, 4.69) is 26.1 Å². The first kappa shape index (κ1) is 22.8. The highest BCUT2D eigenvalue weighted by Crippen LogP contribution is 2.36. The Labute approximate surface area is 206 Å².